The smallest absolute Gasteiger partial charge is 0.239 e. The maximum atomic E-state index is 12.0. The van der Waals surface area contributed by atoms with Crippen LogP contribution in [0.2, 0.25) is 0 Å². The summed E-state index contributed by atoms with van der Waals surface area (Å²) in [7, 11) is -3.48. The molecule has 1 heterocycles. The van der Waals surface area contributed by atoms with Crippen LogP contribution in [0.3, 0.4) is 0 Å². The van der Waals surface area contributed by atoms with Gasteiger partial charge >= 0.3 is 0 Å². The average molecular weight is 312 g/mol. The Morgan fingerprint density at radius 2 is 2.24 bits per heavy atom. The highest BCUT2D eigenvalue weighted by molar-refractivity contribution is 7.92. The van der Waals surface area contributed by atoms with Crippen LogP contribution < -0.4 is 11.1 Å². The number of hydrogen-bond donors (Lipinski definition) is 2. The first kappa shape index (κ1) is 15.8. The summed E-state index contributed by atoms with van der Waals surface area (Å²) in [5, 5.41) is 2.59. The van der Waals surface area contributed by atoms with Gasteiger partial charge in [-0.3, -0.25) is 4.79 Å². The number of benzene rings is 1. The molecule has 0 spiro atoms. The van der Waals surface area contributed by atoms with Crippen molar-refractivity contribution in [1.82, 2.24) is 0 Å². The molecule has 3 N–H and O–H groups in total. The van der Waals surface area contributed by atoms with Crippen LogP contribution in [0.4, 0.5) is 11.4 Å². The van der Waals surface area contributed by atoms with Gasteiger partial charge in [-0.15, -0.1) is 0 Å². The van der Waals surface area contributed by atoms with Gasteiger partial charge in [-0.2, -0.15) is 0 Å². The Morgan fingerprint density at radius 3 is 2.90 bits per heavy atom. The van der Waals surface area contributed by atoms with E-state index in [1.807, 2.05) is 6.92 Å². The third kappa shape index (κ3) is 4.71. The van der Waals surface area contributed by atoms with E-state index in [0.29, 0.717) is 18.0 Å². The fourth-order valence-corrected chi connectivity index (χ4v) is 3.70. The minimum atomic E-state index is -3.48. The summed E-state index contributed by atoms with van der Waals surface area (Å²) in [4.78, 5) is 11.9. The van der Waals surface area contributed by atoms with Gasteiger partial charge in [0, 0.05) is 18.0 Å². The second-order valence-corrected chi connectivity index (χ2v) is 7.42. The number of nitrogens with two attached hydrogens (primary N) is 1. The zero-order valence-corrected chi connectivity index (χ0v) is 12.8. The highest BCUT2D eigenvalue weighted by atomic mass is 32.2. The predicted octanol–water partition coefficient (Wildman–Crippen LogP) is 1.11. The molecule has 1 aromatic carbocycles. The molecule has 0 saturated carbocycles. The molecule has 6 nitrogen and oxygen atoms in total. The van der Waals surface area contributed by atoms with E-state index in [-0.39, 0.29) is 11.9 Å². The van der Waals surface area contributed by atoms with E-state index < -0.39 is 21.5 Å². The molecule has 1 aliphatic heterocycles. The fraction of sp³-hybridized carbons (Fsp3) is 0.500. The molecule has 1 aromatic rings. The lowest BCUT2D eigenvalue weighted by Gasteiger charge is -2.12. The molecule has 1 aliphatic rings. The molecule has 1 unspecified atom stereocenters. The number of aryl methyl sites for hydroxylation is 1. The summed E-state index contributed by atoms with van der Waals surface area (Å²) in [6, 6.07) is 5.10. The van der Waals surface area contributed by atoms with Crippen LogP contribution >= 0.6 is 0 Å². The van der Waals surface area contributed by atoms with Gasteiger partial charge in [0.15, 0.2) is 9.84 Å². The number of nitrogen functional groups attached to an aromatic ring is 1. The van der Waals surface area contributed by atoms with Gasteiger partial charge < -0.3 is 15.8 Å². The molecule has 2 rings (SSSR count). The van der Waals surface area contributed by atoms with Crippen molar-refractivity contribution in [3.05, 3.63) is 23.8 Å². The lowest BCUT2D eigenvalue weighted by molar-refractivity contribution is -0.113. The number of sulfone groups is 1. The van der Waals surface area contributed by atoms with Gasteiger partial charge in [0.1, 0.15) is 5.75 Å². The van der Waals surface area contributed by atoms with Gasteiger partial charge in [-0.1, -0.05) is 6.07 Å². The zero-order valence-electron chi connectivity index (χ0n) is 12.0. The van der Waals surface area contributed by atoms with Crippen LogP contribution in [0.25, 0.3) is 0 Å². The first-order chi connectivity index (χ1) is 9.85. The molecule has 1 saturated heterocycles. The Morgan fingerprint density at radius 1 is 1.48 bits per heavy atom. The normalized spacial score (nSPS) is 18.6. The van der Waals surface area contributed by atoms with E-state index in [1.165, 1.54) is 0 Å². The number of ether oxygens (including phenoxy) is 1. The van der Waals surface area contributed by atoms with Crippen molar-refractivity contribution < 1.29 is 17.9 Å². The van der Waals surface area contributed by atoms with Crippen LogP contribution in [-0.2, 0) is 19.4 Å². The summed E-state index contributed by atoms with van der Waals surface area (Å²) < 4.78 is 29.2. The van der Waals surface area contributed by atoms with Crippen LogP contribution in [0.15, 0.2) is 18.2 Å². The zero-order chi connectivity index (χ0) is 15.5. The van der Waals surface area contributed by atoms with Crippen LogP contribution in [0, 0.1) is 6.92 Å². The van der Waals surface area contributed by atoms with E-state index >= 15 is 0 Å². The Bertz CT molecular complexity index is 622. The molecule has 0 aromatic heterocycles. The number of rotatable bonds is 5. The molecule has 0 bridgehead atoms. The molecule has 1 atom stereocenters. The van der Waals surface area contributed by atoms with Gasteiger partial charge in [-0.25, -0.2) is 8.42 Å². The summed E-state index contributed by atoms with van der Waals surface area (Å²) >= 11 is 0. The van der Waals surface area contributed by atoms with E-state index in [0.717, 1.165) is 18.4 Å². The molecule has 1 amide bonds. The minimum absolute atomic E-state index is 0.101. The number of anilines is 2. The Hall–Kier alpha value is -1.60. The summed E-state index contributed by atoms with van der Waals surface area (Å²) in [6.45, 7) is 2.41. The van der Waals surface area contributed by atoms with E-state index in [1.54, 1.807) is 18.2 Å². The van der Waals surface area contributed by atoms with Gasteiger partial charge in [0.25, 0.3) is 0 Å². The molecule has 116 valence electrons. The van der Waals surface area contributed by atoms with Crippen molar-refractivity contribution in [2.24, 2.45) is 0 Å². The van der Waals surface area contributed by atoms with E-state index in [9.17, 15) is 13.2 Å². The number of hydrogen-bond acceptors (Lipinski definition) is 5. The molecular weight excluding hydrogens is 292 g/mol. The average Bonchev–Trinajstić information content (AvgIpc) is 2.84. The van der Waals surface area contributed by atoms with Gasteiger partial charge in [0.2, 0.25) is 5.91 Å². The van der Waals surface area contributed by atoms with Crippen molar-refractivity contribution in [1.29, 1.82) is 0 Å². The summed E-state index contributed by atoms with van der Waals surface area (Å²) in [5.41, 5.74) is 7.53. The number of carbonyl (C=O) groups is 1. The van der Waals surface area contributed by atoms with Crippen LogP contribution in [0.1, 0.15) is 18.4 Å². The van der Waals surface area contributed by atoms with Crippen molar-refractivity contribution in [2.45, 2.75) is 25.9 Å². The van der Waals surface area contributed by atoms with Crippen molar-refractivity contribution >= 4 is 27.1 Å². The molecule has 21 heavy (non-hydrogen) atoms. The van der Waals surface area contributed by atoms with Crippen molar-refractivity contribution in [3.8, 4) is 0 Å². The third-order valence-electron chi connectivity index (χ3n) is 3.35. The molecule has 1 fully saturated rings. The molecule has 0 aliphatic carbocycles. The highest BCUT2D eigenvalue weighted by Gasteiger charge is 2.25. The molecule has 7 heteroatoms. The summed E-state index contributed by atoms with van der Waals surface area (Å²) in [5.74, 6) is -1.20. The van der Waals surface area contributed by atoms with Crippen molar-refractivity contribution in [2.75, 3.05) is 29.2 Å². The van der Waals surface area contributed by atoms with Gasteiger partial charge in [-0.05, 0) is 37.5 Å². The van der Waals surface area contributed by atoms with Crippen LogP contribution in [0.5, 0.6) is 0 Å². The van der Waals surface area contributed by atoms with Crippen LogP contribution in [-0.4, -0.2) is 38.5 Å². The maximum absolute atomic E-state index is 12.0. The number of amides is 1. The quantitative estimate of drug-likeness (QED) is 0.794. The van der Waals surface area contributed by atoms with Crippen molar-refractivity contribution in [3.63, 3.8) is 0 Å². The molecular formula is C14H20N2O4S. The lowest BCUT2D eigenvalue weighted by Crippen LogP contribution is -2.29. The SMILES string of the molecule is Cc1ccc(N)cc1NC(=O)CS(=O)(=O)CC1CCCO1. The minimum Gasteiger partial charge on any atom is -0.399 e. The monoisotopic (exact) mass is 312 g/mol. The van der Waals surface area contributed by atoms with E-state index in [2.05, 4.69) is 5.32 Å². The van der Waals surface area contributed by atoms with E-state index in [4.69, 9.17) is 10.5 Å². The predicted molar refractivity (Wildman–Crippen MR) is 81.8 cm³/mol. The lowest BCUT2D eigenvalue weighted by atomic mass is 10.2. The Labute approximate surface area is 124 Å². The molecule has 0 radical (unpaired) electrons. The first-order valence-corrected chi connectivity index (χ1v) is 8.66. The number of carbonyl (C=O) groups excluding carboxylic acids is 1. The maximum Gasteiger partial charge on any atom is 0.239 e. The number of nitrogens with one attached hydrogen (secondary N) is 1. The Balaban J connectivity index is 1.95. The second-order valence-electron chi connectivity index (χ2n) is 5.31. The fourth-order valence-electron chi connectivity index (χ4n) is 2.28. The Kier molecular flexibility index (Phi) is 4.84. The highest BCUT2D eigenvalue weighted by Crippen LogP contribution is 2.18. The summed E-state index contributed by atoms with van der Waals surface area (Å²) in [6.07, 6.45) is 1.32. The first-order valence-electron chi connectivity index (χ1n) is 6.84. The van der Waals surface area contributed by atoms with Gasteiger partial charge in [0.05, 0.1) is 11.9 Å². The topological polar surface area (TPSA) is 98.5 Å². The second kappa shape index (κ2) is 6.44. The third-order valence-corrected chi connectivity index (χ3v) is 4.93. The largest absolute Gasteiger partial charge is 0.399 e. The standard InChI is InChI=1S/C14H20N2O4S/c1-10-4-5-11(15)7-13(10)16-14(17)9-21(18,19)8-12-3-2-6-20-12/h4-5,7,12H,2-3,6,8-9,15H2,1H3,(H,16,17).